The summed E-state index contributed by atoms with van der Waals surface area (Å²) in [5, 5.41) is 9.46. The van der Waals surface area contributed by atoms with E-state index in [-0.39, 0.29) is 5.91 Å². The molecule has 0 aliphatic heterocycles. The highest BCUT2D eigenvalue weighted by Crippen LogP contribution is 2.25. The van der Waals surface area contributed by atoms with E-state index in [1.807, 2.05) is 41.9 Å². The van der Waals surface area contributed by atoms with E-state index in [4.69, 9.17) is 16.3 Å². The summed E-state index contributed by atoms with van der Waals surface area (Å²) in [5.41, 5.74) is 0.942. The van der Waals surface area contributed by atoms with E-state index in [0.717, 1.165) is 5.56 Å². The molecular formula is C17H16ClN3O2S. The van der Waals surface area contributed by atoms with Gasteiger partial charge in [-0.3, -0.25) is 9.48 Å². The summed E-state index contributed by atoms with van der Waals surface area (Å²) in [7, 11) is 0. The molecule has 3 aromatic rings. The Bertz CT molecular complexity index is 802. The number of amides is 1. The largest absolute Gasteiger partial charge is 0.487 e. The minimum atomic E-state index is -0.0869. The van der Waals surface area contributed by atoms with Crippen LogP contribution in [0, 0.1) is 0 Å². The Kier molecular flexibility index (Phi) is 5.51. The minimum Gasteiger partial charge on any atom is -0.487 e. The number of ether oxygens (including phenoxy) is 1. The van der Waals surface area contributed by atoms with Gasteiger partial charge in [0.05, 0.1) is 16.4 Å². The zero-order valence-corrected chi connectivity index (χ0v) is 14.4. The molecule has 2 heterocycles. The van der Waals surface area contributed by atoms with Crippen molar-refractivity contribution in [3.8, 4) is 5.75 Å². The quantitative estimate of drug-likeness (QED) is 0.699. The second-order valence-corrected chi connectivity index (χ2v) is 6.38. The van der Waals surface area contributed by atoms with Gasteiger partial charge in [0.15, 0.2) is 0 Å². The fourth-order valence-corrected chi connectivity index (χ4v) is 3.10. The van der Waals surface area contributed by atoms with Gasteiger partial charge < -0.3 is 10.1 Å². The van der Waals surface area contributed by atoms with Crippen molar-refractivity contribution < 1.29 is 9.53 Å². The van der Waals surface area contributed by atoms with E-state index < -0.39 is 0 Å². The average molecular weight is 362 g/mol. The molecule has 0 bridgehead atoms. The Morgan fingerprint density at radius 3 is 3.00 bits per heavy atom. The third kappa shape index (κ3) is 4.37. The van der Waals surface area contributed by atoms with Crippen molar-refractivity contribution in [1.82, 2.24) is 15.1 Å². The number of para-hydroxylation sites is 1. The summed E-state index contributed by atoms with van der Waals surface area (Å²) in [5.74, 6) is 0.548. The van der Waals surface area contributed by atoms with Crippen LogP contribution in [-0.4, -0.2) is 22.2 Å². The van der Waals surface area contributed by atoms with Crippen molar-refractivity contribution in [3.63, 3.8) is 0 Å². The lowest BCUT2D eigenvalue weighted by atomic mass is 10.3. The van der Waals surface area contributed by atoms with E-state index in [1.165, 1.54) is 11.3 Å². The van der Waals surface area contributed by atoms with Gasteiger partial charge in [-0.25, -0.2) is 0 Å². The highest BCUT2D eigenvalue weighted by atomic mass is 35.5. The number of hydrogen-bond acceptors (Lipinski definition) is 4. The molecule has 0 fully saturated rings. The first kappa shape index (κ1) is 16.5. The molecule has 0 atom stereocenters. The number of halogens is 1. The monoisotopic (exact) mass is 361 g/mol. The predicted octanol–water partition coefficient (Wildman–Crippen LogP) is 3.61. The molecule has 2 aromatic heterocycles. The molecule has 0 saturated heterocycles. The molecule has 0 spiro atoms. The lowest BCUT2D eigenvalue weighted by Gasteiger charge is -2.06. The van der Waals surface area contributed by atoms with Crippen LogP contribution < -0.4 is 10.1 Å². The van der Waals surface area contributed by atoms with Gasteiger partial charge in [0, 0.05) is 24.5 Å². The van der Waals surface area contributed by atoms with Gasteiger partial charge in [0.2, 0.25) is 0 Å². The number of nitrogens with one attached hydrogen (secondary N) is 1. The molecule has 7 heteroatoms. The van der Waals surface area contributed by atoms with Crippen LogP contribution in [0.2, 0.25) is 5.02 Å². The standard InChI is InChI=1S/C17H16ClN3O2S/c18-14-4-1-2-5-15(14)23-11-13-10-16(24-12-13)17(22)19-7-9-21-8-3-6-20-21/h1-6,8,10,12H,7,9,11H2,(H,19,22). The normalized spacial score (nSPS) is 10.5. The summed E-state index contributed by atoms with van der Waals surface area (Å²) >= 11 is 7.45. The van der Waals surface area contributed by atoms with Crippen LogP contribution in [0.25, 0.3) is 0 Å². The summed E-state index contributed by atoms with van der Waals surface area (Å²) in [6.07, 6.45) is 3.58. The summed E-state index contributed by atoms with van der Waals surface area (Å²) < 4.78 is 7.45. The smallest absolute Gasteiger partial charge is 0.261 e. The molecule has 0 radical (unpaired) electrons. The zero-order chi connectivity index (χ0) is 16.8. The Balaban J connectivity index is 1.49. The van der Waals surface area contributed by atoms with Crippen LogP contribution in [-0.2, 0) is 13.2 Å². The van der Waals surface area contributed by atoms with Crippen LogP contribution in [0.5, 0.6) is 5.75 Å². The molecule has 3 rings (SSSR count). The molecule has 0 unspecified atom stereocenters. The number of benzene rings is 1. The molecule has 0 saturated carbocycles. The van der Waals surface area contributed by atoms with Crippen molar-refractivity contribution in [2.24, 2.45) is 0 Å². The van der Waals surface area contributed by atoms with Gasteiger partial charge in [-0.15, -0.1) is 11.3 Å². The van der Waals surface area contributed by atoms with Crippen LogP contribution in [0.15, 0.2) is 54.2 Å². The van der Waals surface area contributed by atoms with Crippen molar-refractivity contribution in [1.29, 1.82) is 0 Å². The number of nitrogens with zero attached hydrogens (tertiary/aromatic N) is 2. The number of aromatic nitrogens is 2. The maximum atomic E-state index is 12.1. The Hall–Kier alpha value is -2.31. The first-order valence-corrected chi connectivity index (χ1v) is 8.68. The first-order valence-electron chi connectivity index (χ1n) is 7.43. The molecule has 24 heavy (non-hydrogen) atoms. The summed E-state index contributed by atoms with van der Waals surface area (Å²) in [6.45, 7) is 1.55. The van der Waals surface area contributed by atoms with Crippen LogP contribution in [0.1, 0.15) is 15.2 Å². The number of thiophene rings is 1. The van der Waals surface area contributed by atoms with Gasteiger partial charge in [0.1, 0.15) is 12.4 Å². The molecule has 5 nitrogen and oxygen atoms in total. The van der Waals surface area contributed by atoms with E-state index in [0.29, 0.717) is 35.3 Å². The average Bonchev–Trinajstić information content (AvgIpc) is 3.26. The molecule has 1 aromatic carbocycles. The minimum absolute atomic E-state index is 0.0869. The highest BCUT2D eigenvalue weighted by Gasteiger charge is 2.09. The Labute approximate surface area is 148 Å². The second kappa shape index (κ2) is 7.99. The molecule has 0 aliphatic rings. The molecule has 124 valence electrons. The van der Waals surface area contributed by atoms with Crippen LogP contribution in [0.3, 0.4) is 0 Å². The third-order valence-electron chi connectivity index (χ3n) is 3.29. The maximum absolute atomic E-state index is 12.1. The number of rotatable bonds is 7. The van der Waals surface area contributed by atoms with Crippen molar-refractivity contribution in [2.75, 3.05) is 6.54 Å². The van der Waals surface area contributed by atoms with Crippen LogP contribution in [0.4, 0.5) is 0 Å². The van der Waals surface area contributed by atoms with Crippen molar-refractivity contribution >= 4 is 28.8 Å². The van der Waals surface area contributed by atoms with E-state index >= 15 is 0 Å². The molecule has 1 amide bonds. The van der Waals surface area contributed by atoms with E-state index in [1.54, 1.807) is 16.9 Å². The Morgan fingerprint density at radius 1 is 1.33 bits per heavy atom. The van der Waals surface area contributed by atoms with Gasteiger partial charge in [-0.2, -0.15) is 5.10 Å². The second-order valence-electron chi connectivity index (χ2n) is 5.06. The fourth-order valence-electron chi connectivity index (χ4n) is 2.10. The van der Waals surface area contributed by atoms with Crippen LogP contribution >= 0.6 is 22.9 Å². The lowest BCUT2D eigenvalue weighted by Crippen LogP contribution is -2.26. The molecule has 0 aliphatic carbocycles. The number of carbonyl (C=O) groups is 1. The van der Waals surface area contributed by atoms with Gasteiger partial charge in [-0.05, 0) is 29.6 Å². The van der Waals surface area contributed by atoms with Gasteiger partial charge in [-0.1, -0.05) is 23.7 Å². The van der Waals surface area contributed by atoms with Gasteiger partial charge in [0.25, 0.3) is 5.91 Å². The Morgan fingerprint density at radius 2 is 2.21 bits per heavy atom. The van der Waals surface area contributed by atoms with Gasteiger partial charge >= 0.3 is 0 Å². The predicted molar refractivity (Wildman–Crippen MR) is 94.7 cm³/mol. The summed E-state index contributed by atoms with van der Waals surface area (Å²) in [6, 6.07) is 11.0. The van der Waals surface area contributed by atoms with E-state index in [9.17, 15) is 4.79 Å². The first-order chi connectivity index (χ1) is 11.7. The lowest BCUT2D eigenvalue weighted by molar-refractivity contribution is 0.0956. The topological polar surface area (TPSA) is 56.2 Å². The highest BCUT2D eigenvalue weighted by molar-refractivity contribution is 7.12. The fraction of sp³-hybridized carbons (Fsp3) is 0.176. The third-order valence-corrected chi connectivity index (χ3v) is 4.58. The molecule has 1 N–H and O–H groups in total. The maximum Gasteiger partial charge on any atom is 0.261 e. The molecular weight excluding hydrogens is 346 g/mol. The number of carbonyl (C=O) groups excluding carboxylic acids is 1. The number of hydrogen-bond donors (Lipinski definition) is 1. The van der Waals surface area contributed by atoms with Crippen molar-refractivity contribution in [2.45, 2.75) is 13.2 Å². The summed E-state index contributed by atoms with van der Waals surface area (Å²) in [4.78, 5) is 12.8. The van der Waals surface area contributed by atoms with E-state index in [2.05, 4.69) is 10.4 Å². The SMILES string of the molecule is O=C(NCCn1cccn1)c1cc(COc2ccccc2Cl)cs1. The zero-order valence-electron chi connectivity index (χ0n) is 12.8. The van der Waals surface area contributed by atoms with Crippen molar-refractivity contribution in [3.05, 3.63) is 69.6 Å².